The van der Waals surface area contributed by atoms with Gasteiger partial charge in [-0.25, -0.2) is 0 Å². The van der Waals surface area contributed by atoms with Crippen LogP contribution >= 0.6 is 24.0 Å². The smallest absolute Gasteiger partial charge is 0.273 e. The Morgan fingerprint density at radius 1 is 1.44 bits per heavy atom. The first-order valence-corrected chi connectivity index (χ1v) is 5.74. The fourth-order valence-corrected chi connectivity index (χ4v) is 2.48. The average Bonchev–Trinajstić information content (AvgIpc) is 2.58. The number of amides is 1. The Morgan fingerprint density at radius 3 is 2.69 bits per heavy atom. The Labute approximate surface area is 101 Å². The van der Waals surface area contributed by atoms with Crippen molar-refractivity contribution in [3.05, 3.63) is 34.4 Å². The molecule has 1 aromatic carbocycles. The lowest BCUT2D eigenvalue weighted by Gasteiger charge is -2.14. The van der Waals surface area contributed by atoms with E-state index in [1.807, 2.05) is 0 Å². The number of hydrogen-bond acceptors (Lipinski definition) is 5. The molecule has 16 heavy (non-hydrogen) atoms. The largest absolute Gasteiger partial charge is 0.293 e. The summed E-state index contributed by atoms with van der Waals surface area (Å²) in [5, 5.41) is 10.8. The van der Waals surface area contributed by atoms with Crippen molar-refractivity contribution in [1.29, 1.82) is 0 Å². The zero-order valence-corrected chi connectivity index (χ0v) is 9.59. The summed E-state index contributed by atoms with van der Waals surface area (Å²) >= 11 is 6.21. The molecule has 0 saturated carbocycles. The lowest BCUT2D eigenvalue weighted by atomic mass is 10.2. The van der Waals surface area contributed by atoms with Crippen LogP contribution in [0.25, 0.3) is 0 Å². The van der Waals surface area contributed by atoms with Crippen LogP contribution in [-0.2, 0) is 4.79 Å². The summed E-state index contributed by atoms with van der Waals surface area (Å²) in [4.78, 5) is 23.1. The van der Waals surface area contributed by atoms with Crippen molar-refractivity contribution in [2.24, 2.45) is 0 Å². The highest BCUT2D eigenvalue weighted by Crippen LogP contribution is 2.33. The molecule has 1 fully saturated rings. The third-order valence-electron chi connectivity index (χ3n) is 2.07. The molecule has 1 aromatic rings. The third-order valence-corrected chi connectivity index (χ3v) is 3.43. The number of hydrogen-bond donors (Lipinski definition) is 0. The predicted molar refractivity (Wildman–Crippen MR) is 65.6 cm³/mol. The van der Waals surface area contributed by atoms with Crippen molar-refractivity contribution >= 4 is 45.6 Å². The highest BCUT2D eigenvalue weighted by molar-refractivity contribution is 8.24. The Hall–Kier alpha value is -1.47. The monoisotopic (exact) mass is 254 g/mol. The number of anilines is 1. The number of carbonyl (C=O) groups is 1. The number of carbonyl (C=O) groups excluding carboxylic acids is 1. The Bertz CT molecular complexity index is 473. The zero-order chi connectivity index (χ0) is 11.7. The third kappa shape index (κ3) is 1.79. The van der Waals surface area contributed by atoms with Gasteiger partial charge in [-0.05, 0) is 6.07 Å². The van der Waals surface area contributed by atoms with Gasteiger partial charge in [0.05, 0.1) is 10.7 Å². The number of rotatable bonds is 2. The lowest BCUT2D eigenvalue weighted by Crippen LogP contribution is -2.28. The second-order valence-electron chi connectivity index (χ2n) is 3.03. The van der Waals surface area contributed by atoms with Crippen LogP contribution in [0.1, 0.15) is 0 Å². The van der Waals surface area contributed by atoms with E-state index in [9.17, 15) is 14.9 Å². The number of nitro groups is 1. The molecule has 5 nitrogen and oxygen atoms in total. The molecule has 0 unspecified atom stereocenters. The Morgan fingerprint density at radius 2 is 2.12 bits per heavy atom. The van der Waals surface area contributed by atoms with E-state index in [2.05, 4.69) is 0 Å². The standard InChI is InChI=1S/C9H6N2O3S2/c12-8-5-16-9(15)10(8)6-3-1-2-4-7(6)11(13)14/h1-4H,5H2. The van der Waals surface area contributed by atoms with Crippen LogP contribution in [0.4, 0.5) is 11.4 Å². The molecule has 2 rings (SSSR count). The van der Waals surface area contributed by atoms with Crippen LogP contribution in [-0.4, -0.2) is 20.9 Å². The van der Waals surface area contributed by atoms with Gasteiger partial charge in [0.2, 0.25) is 5.91 Å². The summed E-state index contributed by atoms with van der Waals surface area (Å²) in [6.07, 6.45) is 0. The predicted octanol–water partition coefficient (Wildman–Crippen LogP) is 1.96. The molecule has 1 amide bonds. The number of benzene rings is 1. The molecule has 0 bridgehead atoms. The molecule has 1 aliphatic heterocycles. The van der Waals surface area contributed by atoms with Crippen molar-refractivity contribution in [2.45, 2.75) is 0 Å². The molecular weight excluding hydrogens is 248 g/mol. The molecule has 0 aliphatic carbocycles. The van der Waals surface area contributed by atoms with E-state index >= 15 is 0 Å². The first-order valence-electron chi connectivity index (χ1n) is 4.34. The molecule has 0 atom stereocenters. The van der Waals surface area contributed by atoms with Gasteiger partial charge in [-0.15, -0.1) is 0 Å². The maximum absolute atomic E-state index is 11.6. The minimum atomic E-state index is -0.520. The summed E-state index contributed by atoms with van der Waals surface area (Å²) in [5.74, 6) is 0.0227. The van der Waals surface area contributed by atoms with E-state index in [1.54, 1.807) is 12.1 Å². The highest BCUT2D eigenvalue weighted by Gasteiger charge is 2.32. The molecular formula is C9H6N2O3S2. The van der Waals surface area contributed by atoms with Gasteiger partial charge in [-0.3, -0.25) is 19.8 Å². The first-order chi connectivity index (χ1) is 7.61. The van der Waals surface area contributed by atoms with Crippen molar-refractivity contribution in [3.8, 4) is 0 Å². The second-order valence-corrected chi connectivity index (χ2v) is 4.64. The molecule has 0 radical (unpaired) electrons. The van der Waals surface area contributed by atoms with Crippen molar-refractivity contribution in [3.63, 3.8) is 0 Å². The quantitative estimate of drug-likeness (QED) is 0.458. The van der Waals surface area contributed by atoms with E-state index < -0.39 is 4.92 Å². The van der Waals surface area contributed by atoms with Crippen LogP contribution in [0.15, 0.2) is 24.3 Å². The van der Waals surface area contributed by atoms with Crippen LogP contribution in [0.5, 0.6) is 0 Å². The van der Waals surface area contributed by atoms with Gasteiger partial charge in [-0.1, -0.05) is 36.1 Å². The van der Waals surface area contributed by atoms with Gasteiger partial charge < -0.3 is 0 Å². The second kappa shape index (κ2) is 4.18. The van der Waals surface area contributed by atoms with Gasteiger partial charge in [0.25, 0.3) is 5.69 Å². The molecule has 7 heteroatoms. The summed E-state index contributed by atoms with van der Waals surface area (Å²) in [6.45, 7) is 0. The molecule has 82 valence electrons. The zero-order valence-electron chi connectivity index (χ0n) is 7.95. The normalized spacial score (nSPS) is 15.6. The number of thiocarbonyl (C=S) groups is 1. The summed E-state index contributed by atoms with van der Waals surface area (Å²) in [5.41, 5.74) is 0.133. The SMILES string of the molecule is O=C1CSC(=S)N1c1ccccc1[N+](=O)[O-]. The van der Waals surface area contributed by atoms with Gasteiger partial charge >= 0.3 is 0 Å². The topological polar surface area (TPSA) is 63.5 Å². The van der Waals surface area contributed by atoms with Crippen molar-refractivity contribution in [1.82, 2.24) is 0 Å². The Balaban J connectivity index is 2.51. The van der Waals surface area contributed by atoms with Crippen LogP contribution in [0.3, 0.4) is 0 Å². The van der Waals surface area contributed by atoms with Gasteiger partial charge in [0, 0.05) is 6.07 Å². The van der Waals surface area contributed by atoms with E-state index in [0.717, 1.165) is 0 Å². The summed E-state index contributed by atoms with van der Waals surface area (Å²) < 4.78 is 0.360. The number of thioether (sulfide) groups is 1. The molecule has 1 heterocycles. The number of nitro benzene ring substituents is 1. The number of para-hydroxylation sites is 2. The Kier molecular flexibility index (Phi) is 2.88. The summed E-state index contributed by atoms with van der Waals surface area (Å²) in [7, 11) is 0. The van der Waals surface area contributed by atoms with E-state index in [-0.39, 0.29) is 23.0 Å². The fourth-order valence-electron chi connectivity index (χ4n) is 1.39. The maximum atomic E-state index is 11.6. The van der Waals surface area contributed by atoms with Crippen LogP contribution < -0.4 is 4.90 Å². The number of nitrogens with zero attached hydrogens (tertiary/aromatic N) is 2. The van der Waals surface area contributed by atoms with Crippen LogP contribution in [0, 0.1) is 10.1 Å². The molecule has 1 saturated heterocycles. The molecule has 0 N–H and O–H groups in total. The summed E-state index contributed by atoms with van der Waals surface area (Å²) in [6, 6.07) is 6.07. The molecule has 0 aromatic heterocycles. The van der Waals surface area contributed by atoms with E-state index in [0.29, 0.717) is 4.32 Å². The fraction of sp³-hybridized carbons (Fsp3) is 0.111. The van der Waals surface area contributed by atoms with Gasteiger partial charge in [0.15, 0.2) is 0 Å². The minimum absolute atomic E-state index is 0.110. The van der Waals surface area contributed by atoms with E-state index in [4.69, 9.17) is 12.2 Å². The van der Waals surface area contributed by atoms with Crippen LogP contribution in [0.2, 0.25) is 0 Å². The minimum Gasteiger partial charge on any atom is -0.273 e. The first kappa shape index (κ1) is 11.0. The van der Waals surface area contributed by atoms with Crippen molar-refractivity contribution in [2.75, 3.05) is 10.7 Å². The maximum Gasteiger partial charge on any atom is 0.293 e. The van der Waals surface area contributed by atoms with Gasteiger partial charge in [0.1, 0.15) is 10.0 Å². The van der Waals surface area contributed by atoms with Gasteiger partial charge in [-0.2, -0.15) is 0 Å². The van der Waals surface area contributed by atoms with E-state index in [1.165, 1.54) is 28.8 Å². The average molecular weight is 254 g/mol. The molecule has 1 aliphatic rings. The highest BCUT2D eigenvalue weighted by atomic mass is 32.2. The van der Waals surface area contributed by atoms with Crippen molar-refractivity contribution < 1.29 is 9.72 Å². The lowest BCUT2D eigenvalue weighted by molar-refractivity contribution is -0.384. The molecule has 0 spiro atoms.